The molecule has 0 aromatic carbocycles. The van der Waals surface area contributed by atoms with Gasteiger partial charge in [0.15, 0.2) is 5.17 Å². The number of amidine groups is 1. The lowest BCUT2D eigenvalue weighted by atomic mass is 10.3. The van der Waals surface area contributed by atoms with E-state index < -0.39 is 0 Å². The summed E-state index contributed by atoms with van der Waals surface area (Å²) in [4.78, 5) is 18.1. The first-order valence-corrected chi connectivity index (χ1v) is 9.08. The highest BCUT2D eigenvalue weighted by atomic mass is 32.2. The van der Waals surface area contributed by atoms with Gasteiger partial charge in [-0.15, -0.1) is 0 Å². The first-order chi connectivity index (χ1) is 11.8. The predicted molar refractivity (Wildman–Crippen MR) is 93.7 cm³/mol. The number of rotatable bonds is 3. The molecule has 126 valence electrons. The van der Waals surface area contributed by atoms with E-state index >= 15 is 0 Å². The fraction of sp³-hybridized carbons (Fsp3) is 0.500. The molecule has 0 unspecified atom stereocenters. The van der Waals surface area contributed by atoms with Gasteiger partial charge in [0.1, 0.15) is 5.69 Å². The maximum atomic E-state index is 5.38. The van der Waals surface area contributed by atoms with Crippen LogP contribution in [0.5, 0.6) is 0 Å². The number of pyridine rings is 1. The van der Waals surface area contributed by atoms with E-state index in [0.717, 1.165) is 38.4 Å². The summed E-state index contributed by atoms with van der Waals surface area (Å²) in [6.45, 7) is 7.82. The van der Waals surface area contributed by atoms with Gasteiger partial charge in [-0.2, -0.15) is 4.98 Å². The number of piperazine rings is 1. The van der Waals surface area contributed by atoms with Crippen molar-refractivity contribution in [1.29, 1.82) is 0 Å². The predicted octanol–water partition coefficient (Wildman–Crippen LogP) is 1.74. The first-order valence-electron chi connectivity index (χ1n) is 8.20. The minimum atomic E-state index is 0.551. The third kappa shape index (κ3) is 3.44. The van der Waals surface area contributed by atoms with Crippen molar-refractivity contribution in [3.8, 4) is 11.5 Å². The van der Waals surface area contributed by atoms with Crippen LogP contribution in [-0.4, -0.2) is 68.1 Å². The highest BCUT2D eigenvalue weighted by Gasteiger charge is 2.25. The Labute approximate surface area is 145 Å². The number of nitrogens with zero attached hydrogens (tertiary/aromatic N) is 6. The molecule has 1 saturated heterocycles. The van der Waals surface area contributed by atoms with Crippen molar-refractivity contribution in [2.45, 2.75) is 18.7 Å². The van der Waals surface area contributed by atoms with E-state index in [1.807, 2.05) is 30.0 Å². The second kappa shape index (κ2) is 6.90. The lowest BCUT2D eigenvalue weighted by Crippen LogP contribution is -2.47. The van der Waals surface area contributed by atoms with E-state index in [-0.39, 0.29) is 0 Å². The number of thioether (sulfide) groups is 1. The van der Waals surface area contributed by atoms with Crippen LogP contribution >= 0.6 is 11.8 Å². The number of aromatic nitrogens is 3. The van der Waals surface area contributed by atoms with Crippen molar-refractivity contribution >= 4 is 16.9 Å². The van der Waals surface area contributed by atoms with Crippen molar-refractivity contribution < 1.29 is 4.52 Å². The van der Waals surface area contributed by atoms with Crippen LogP contribution in [0, 0.1) is 0 Å². The van der Waals surface area contributed by atoms with E-state index in [4.69, 9.17) is 4.52 Å². The largest absolute Gasteiger partial charge is 0.349 e. The summed E-state index contributed by atoms with van der Waals surface area (Å²) in [5.41, 5.74) is 0.739. The van der Waals surface area contributed by atoms with Gasteiger partial charge in [0.25, 0.3) is 0 Å². The van der Waals surface area contributed by atoms with Crippen LogP contribution in [-0.2, 0) is 6.54 Å². The van der Waals surface area contributed by atoms with Gasteiger partial charge in [-0.25, -0.2) is 0 Å². The normalized spacial score (nSPS) is 22.0. The molecular formula is C16H20N6OS. The van der Waals surface area contributed by atoms with Gasteiger partial charge in [-0.3, -0.25) is 14.9 Å². The maximum absolute atomic E-state index is 5.38. The second-order valence-electron chi connectivity index (χ2n) is 6.04. The molecule has 2 aromatic heterocycles. The zero-order chi connectivity index (χ0) is 16.4. The molecule has 0 aliphatic carbocycles. The summed E-state index contributed by atoms with van der Waals surface area (Å²) < 4.78 is 5.38. The summed E-state index contributed by atoms with van der Waals surface area (Å²) in [5, 5.41) is 5.85. The smallest absolute Gasteiger partial charge is 0.241 e. The van der Waals surface area contributed by atoms with Gasteiger partial charge >= 0.3 is 0 Å². The molecule has 0 N–H and O–H groups in total. The van der Waals surface area contributed by atoms with Crippen molar-refractivity contribution in [2.24, 2.45) is 4.99 Å². The van der Waals surface area contributed by atoms with Crippen molar-refractivity contribution in [3.05, 3.63) is 30.3 Å². The standard InChI is InChI=1S/C16H20N6OS/c1-12-10-18-16(24-12)22-8-6-21(7-9-22)11-14-19-15(20-23-14)13-4-2-3-5-17-13/h2-5,12H,6-11H2,1H3/t12-/m0/s1. The Balaban J connectivity index is 1.32. The zero-order valence-electron chi connectivity index (χ0n) is 13.6. The van der Waals surface area contributed by atoms with Crippen LogP contribution in [0.3, 0.4) is 0 Å². The van der Waals surface area contributed by atoms with E-state index in [0.29, 0.717) is 23.5 Å². The Bertz CT molecular complexity index is 710. The third-order valence-corrected chi connectivity index (χ3v) is 5.30. The summed E-state index contributed by atoms with van der Waals surface area (Å²) in [6.07, 6.45) is 1.73. The molecule has 0 amide bonds. The Kier molecular flexibility index (Phi) is 4.48. The Morgan fingerprint density at radius 3 is 2.83 bits per heavy atom. The number of hydrogen-bond acceptors (Lipinski definition) is 8. The first kappa shape index (κ1) is 15.6. The van der Waals surface area contributed by atoms with E-state index in [2.05, 4.69) is 36.8 Å². The molecule has 0 bridgehead atoms. The molecule has 4 rings (SSSR count). The Morgan fingerprint density at radius 1 is 1.25 bits per heavy atom. The van der Waals surface area contributed by atoms with Crippen LogP contribution in [0.25, 0.3) is 11.5 Å². The Morgan fingerprint density at radius 2 is 2.12 bits per heavy atom. The van der Waals surface area contributed by atoms with Gasteiger partial charge in [-0.1, -0.05) is 29.9 Å². The summed E-state index contributed by atoms with van der Waals surface area (Å²) in [7, 11) is 0. The highest BCUT2D eigenvalue weighted by Crippen LogP contribution is 2.24. The summed E-state index contributed by atoms with van der Waals surface area (Å²) in [5.74, 6) is 1.19. The minimum Gasteiger partial charge on any atom is -0.349 e. The topological polar surface area (TPSA) is 70.7 Å². The lowest BCUT2D eigenvalue weighted by Gasteiger charge is -2.34. The molecule has 1 fully saturated rings. The highest BCUT2D eigenvalue weighted by molar-refractivity contribution is 8.14. The molecule has 7 nitrogen and oxygen atoms in total. The van der Waals surface area contributed by atoms with Crippen LogP contribution < -0.4 is 0 Å². The SMILES string of the molecule is C[C@H]1CN=C(N2CCN(Cc3nc(-c4ccccn4)no3)CC2)S1. The van der Waals surface area contributed by atoms with E-state index in [9.17, 15) is 0 Å². The number of aliphatic imine (C=N–C) groups is 1. The maximum Gasteiger partial charge on any atom is 0.241 e. The molecule has 2 aliphatic heterocycles. The monoisotopic (exact) mass is 344 g/mol. The second-order valence-corrected chi connectivity index (χ2v) is 7.45. The fourth-order valence-corrected chi connectivity index (χ4v) is 3.83. The average Bonchev–Trinajstić information content (AvgIpc) is 3.26. The van der Waals surface area contributed by atoms with Gasteiger partial charge in [0, 0.05) is 37.6 Å². The molecule has 0 spiro atoms. The molecule has 2 aromatic rings. The van der Waals surface area contributed by atoms with E-state index in [1.165, 1.54) is 5.17 Å². The molecule has 0 saturated carbocycles. The zero-order valence-corrected chi connectivity index (χ0v) is 14.4. The average molecular weight is 344 g/mol. The molecule has 1 atom stereocenters. The molecule has 24 heavy (non-hydrogen) atoms. The van der Waals surface area contributed by atoms with Crippen LogP contribution in [0.2, 0.25) is 0 Å². The van der Waals surface area contributed by atoms with E-state index in [1.54, 1.807) is 6.20 Å². The van der Waals surface area contributed by atoms with Gasteiger partial charge in [0.05, 0.1) is 13.1 Å². The van der Waals surface area contributed by atoms with Crippen molar-refractivity contribution in [3.63, 3.8) is 0 Å². The summed E-state index contributed by atoms with van der Waals surface area (Å²) >= 11 is 1.89. The quantitative estimate of drug-likeness (QED) is 0.840. The Hall–Kier alpha value is -1.93. The molecule has 0 radical (unpaired) electrons. The minimum absolute atomic E-state index is 0.551. The van der Waals surface area contributed by atoms with Crippen molar-refractivity contribution in [2.75, 3.05) is 32.7 Å². The molecule has 8 heteroatoms. The molecule has 2 aliphatic rings. The molecular weight excluding hydrogens is 324 g/mol. The van der Waals surface area contributed by atoms with Gasteiger partial charge in [0.2, 0.25) is 11.7 Å². The van der Waals surface area contributed by atoms with Gasteiger partial charge < -0.3 is 9.42 Å². The van der Waals surface area contributed by atoms with Gasteiger partial charge in [-0.05, 0) is 12.1 Å². The third-order valence-electron chi connectivity index (χ3n) is 4.15. The lowest BCUT2D eigenvalue weighted by molar-refractivity contribution is 0.159. The van der Waals surface area contributed by atoms with Crippen LogP contribution in [0.4, 0.5) is 0 Å². The number of hydrogen-bond donors (Lipinski definition) is 0. The van der Waals surface area contributed by atoms with Crippen LogP contribution in [0.15, 0.2) is 33.9 Å². The summed E-state index contributed by atoms with van der Waals surface area (Å²) in [6, 6.07) is 5.67. The van der Waals surface area contributed by atoms with Crippen LogP contribution in [0.1, 0.15) is 12.8 Å². The fourth-order valence-electron chi connectivity index (χ4n) is 2.84. The molecule has 4 heterocycles. The van der Waals surface area contributed by atoms with Crippen molar-refractivity contribution in [1.82, 2.24) is 24.9 Å².